The molecule has 42 heavy (non-hydrogen) atoms. The van der Waals surface area contributed by atoms with Crippen LogP contribution in [0.2, 0.25) is 0 Å². The van der Waals surface area contributed by atoms with Crippen molar-refractivity contribution in [1.29, 1.82) is 0 Å². The van der Waals surface area contributed by atoms with Crippen molar-refractivity contribution in [1.82, 2.24) is 4.90 Å². The number of nitrogens with zero attached hydrogens (tertiary/aromatic N) is 2. The summed E-state index contributed by atoms with van der Waals surface area (Å²) in [6, 6.07) is 29.5. The fourth-order valence-corrected chi connectivity index (χ4v) is 7.01. The van der Waals surface area contributed by atoms with Crippen molar-refractivity contribution in [3.05, 3.63) is 128 Å². The number of amides is 1. The van der Waals surface area contributed by atoms with Crippen LogP contribution in [-0.4, -0.2) is 31.5 Å². The number of methoxy groups -OCH3 is 1. The summed E-state index contributed by atoms with van der Waals surface area (Å²) in [5.41, 5.74) is 3.64. The van der Waals surface area contributed by atoms with Gasteiger partial charge in [-0.15, -0.1) is 0 Å². The predicted octanol–water partition coefficient (Wildman–Crippen LogP) is 7.05. The number of rotatable bonds is 9. The number of carbonyl (C=O) groups excluding carboxylic acids is 1. The summed E-state index contributed by atoms with van der Waals surface area (Å²) in [7, 11) is -2.64. The Morgan fingerprint density at radius 3 is 2.21 bits per heavy atom. The molecule has 10 heteroatoms. The lowest BCUT2D eigenvalue weighted by atomic mass is 10.1. The van der Waals surface area contributed by atoms with Gasteiger partial charge < -0.3 is 8.92 Å². The molecule has 5 rings (SSSR count). The second kappa shape index (κ2) is 13.1. The molecule has 1 aliphatic heterocycles. The third-order valence-electron chi connectivity index (χ3n) is 6.36. The summed E-state index contributed by atoms with van der Waals surface area (Å²) in [5.74, 6) is 0.160. The summed E-state index contributed by atoms with van der Waals surface area (Å²) in [5, 5.41) is 0.616. The van der Waals surface area contributed by atoms with E-state index in [-0.39, 0.29) is 22.3 Å². The number of aliphatic imine (C=N–C) groups is 1. The van der Waals surface area contributed by atoms with Crippen LogP contribution in [0.1, 0.15) is 22.3 Å². The molecule has 1 heterocycles. The van der Waals surface area contributed by atoms with E-state index in [4.69, 9.17) is 13.9 Å². The fourth-order valence-electron chi connectivity index (χ4n) is 4.19. The van der Waals surface area contributed by atoms with Crippen molar-refractivity contribution >= 4 is 61.6 Å². The van der Waals surface area contributed by atoms with Gasteiger partial charge in [-0.05, 0) is 88.3 Å². The Balaban J connectivity index is 1.45. The van der Waals surface area contributed by atoms with Crippen LogP contribution in [0.4, 0.5) is 0 Å². The molecule has 1 saturated heterocycles. The van der Waals surface area contributed by atoms with Gasteiger partial charge in [0, 0.05) is 0 Å². The first-order valence-corrected chi connectivity index (χ1v) is 16.3. The van der Waals surface area contributed by atoms with Crippen molar-refractivity contribution in [2.45, 2.75) is 24.9 Å². The number of hydrogen-bond donors (Lipinski definition) is 0. The molecule has 214 valence electrons. The van der Waals surface area contributed by atoms with Crippen LogP contribution < -0.4 is 8.92 Å². The zero-order chi connectivity index (χ0) is 29.7. The number of ether oxygens (including phenoxy) is 1. The smallest absolute Gasteiger partial charge is 0.339 e. The number of halogens is 1. The summed E-state index contributed by atoms with van der Waals surface area (Å²) < 4.78 is 37.5. The SMILES string of the molecule is COc1cc(/C=C2/SC(=NCc3ccccc3)N(Cc3ccccc3)C2=O)cc(I)c1OS(=O)(=O)c1ccc(C)cc1. The fraction of sp³-hybridized carbons (Fsp3) is 0.125. The zero-order valence-corrected chi connectivity index (χ0v) is 26.6. The van der Waals surface area contributed by atoms with Crippen LogP contribution in [0.5, 0.6) is 11.5 Å². The van der Waals surface area contributed by atoms with Crippen LogP contribution in [0.25, 0.3) is 6.08 Å². The maximum absolute atomic E-state index is 13.6. The van der Waals surface area contributed by atoms with E-state index in [0.717, 1.165) is 16.7 Å². The normalized spacial score (nSPS) is 15.4. The lowest BCUT2D eigenvalue weighted by Crippen LogP contribution is -2.28. The van der Waals surface area contributed by atoms with Gasteiger partial charge in [-0.2, -0.15) is 8.42 Å². The number of aryl methyl sites for hydroxylation is 1. The molecule has 1 fully saturated rings. The minimum atomic E-state index is -4.08. The maximum Gasteiger partial charge on any atom is 0.339 e. The molecule has 1 aliphatic rings. The highest BCUT2D eigenvalue weighted by molar-refractivity contribution is 14.1. The standard InChI is InChI=1S/C32H27IN2O5S2/c1-22-13-15-26(16-14-22)42(37,38)40-30-27(33)17-25(18-28(30)39-2)19-29-31(36)35(21-24-11-7-4-8-12-24)32(41-29)34-20-23-9-5-3-6-10-23/h3-19H,20-21H2,1-2H3/b29-19+,34-32?. The minimum Gasteiger partial charge on any atom is -0.493 e. The number of hydrogen-bond acceptors (Lipinski definition) is 7. The molecular formula is C32H27IN2O5S2. The molecule has 0 spiro atoms. The van der Waals surface area contributed by atoms with Crippen LogP contribution in [0, 0.1) is 10.5 Å². The molecule has 0 saturated carbocycles. The van der Waals surface area contributed by atoms with Gasteiger partial charge >= 0.3 is 10.1 Å². The van der Waals surface area contributed by atoms with Gasteiger partial charge in [-0.1, -0.05) is 78.4 Å². The Kier molecular flexibility index (Phi) is 9.34. The Morgan fingerprint density at radius 1 is 0.929 bits per heavy atom. The van der Waals surface area contributed by atoms with E-state index in [9.17, 15) is 13.2 Å². The highest BCUT2D eigenvalue weighted by Gasteiger charge is 2.33. The summed E-state index contributed by atoms with van der Waals surface area (Å²) in [6.45, 7) is 2.72. The molecule has 0 unspecified atom stereocenters. The van der Waals surface area contributed by atoms with Gasteiger partial charge in [-0.3, -0.25) is 14.7 Å². The van der Waals surface area contributed by atoms with E-state index in [1.807, 2.05) is 90.2 Å². The number of carbonyl (C=O) groups is 1. The van der Waals surface area contributed by atoms with E-state index in [2.05, 4.69) is 0 Å². The van der Waals surface area contributed by atoms with Gasteiger partial charge in [0.15, 0.2) is 16.7 Å². The summed E-state index contributed by atoms with van der Waals surface area (Å²) in [6.07, 6.45) is 1.76. The van der Waals surface area contributed by atoms with Crippen molar-refractivity contribution in [2.24, 2.45) is 4.99 Å². The Morgan fingerprint density at radius 2 is 1.57 bits per heavy atom. The van der Waals surface area contributed by atoms with Crippen molar-refractivity contribution in [3.8, 4) is 11.5 Å². The quantitative estimate of drug-likeness (QED) is 0.105. The van der Waals surface area contributed by atoms with E-state index >= 15 is 0 Å². The van der Waals surface area contributed by atoms with Crippen molar-refractivity contribution in [3.63, 3.8) is 0 Å². The lowest BCUT2D eigenvalue weighted by Gasteiger charge is -2.16. The Labute approximate surface area is 263 Å². The number of amidine groups is 1. The molecule has 7 nitrogen and oxygen atoms in total. The summed E-state index contributed by atoms with van der Waals surface area (Å²) in [4.78, 5) is 20.6. The molecule has 0 N–H and O–H groups in total. The average molecular weight is 711 g/mol. The predicted molar refractivity (Wildman–Crippen MR) is 175 cm³/mol. The van der Waals surface area contributed by atoms with Gasteiger partial charge in [0.1, 0.15) is 4.90 Å². The molecule has 0 radical (unpaired) electrons. The molecule has 0 bridgehead atoms. The third-order valence-corrected chi connectivity index (χ3v) is 9.44. The second-order valence-electron chi connectivity index (χ2n) is 9.46. The molecular weight excluding hydrogens is 683 g/mol. The summed E-state index contributed by atoms with van der Waals surface area (Å²) >= 11 is 3.32. The van der Waals surface area contributed by atoms with Crippen molar-refractivity contribution < 1.29 is 22.1 Å². The number of thioether (sulfide) groups is 1. The highest BCUT2D eigenvalue weighted by Crippen LogP contribution is 2.39. The van der Waals surface area contributed by atoms with Gasteiger partial charge in [0.25, 0.3) is 5.91 Å². The lowest BCUT2D eigenvalue weighted by molar-refractivity contribution is -0.122. The third kappa shape index (κ3) is 7.05. The van der Waals surface area contributed by atoms with Crippen LogP contribution in [0.3, 0.4) is 0 Å². The average Bonchev–Trinajstić information content (AvgIpc) is 3.27. The van der Waals surface area contributed by atoms with Gasteiger partial charge in [0.2, 0.25) is 0 Å². The maximum atomic E-state index is 13.6. The molecule has 1 amide bonds. The van der Waals surface area contributed by atoms with Crippen LogP contribution >= 0.6 is 34.4 Å². The van der Waals surface area contributed by atoms with E-state index in [0.29, 0.717) is 32.3 Å². The molecule has 4 aromatic carbocycles. The molecule has 0 aliphatic carbocycles. The first-order chi connectivity index (χ1) is 20.2. The first kappa shape index (κ1) is 29.9. The largest absolute Gasteiger partial charge is 0.493 e. The highest BCUT2D eigenvalue weighted by atomic mass is 127. The monoisotopic (exact) mass is 710 g/mol. The topological polar surface area (TPSA) is 85.3 Å². The minimum absolute atomic E-state index is 0.0472. The first-order valence-electron chi connectivity index (χ1n) is 13.0. The van der Waals surface area contributed by atoms with Crippen LogP contribution in [-0.2, 0) is 28.0 Å². The van der Waals surface area contributed by atoms with E-state index in [1.165, 1.54) is 31.0 Å². The van der Waals surface area contributed by atoms with Gasteiger partial charge in [0.05, 0.1) is 28.7 Å². The Bertz CT molecular complexity index is 1760. The van der Waals surface area contributed by atoms with E-state index < -0.39 is 10.1 Å². The molecule has 0 aromatic heterocycles. The zero-order valence-electron chi connectivity index (χ0n) is 22.9. The van der Waals surface area contributed by atoms with E-state index in [1.54, 1.807) is 35.2 Å². The molecule has 0 atom stereocenters. The van der Waals surface area contributed by atoms with Gasteiger partial charge in [-0.25, -0.2) is 0 Å². The number of benzene rings is 4. The Hall–Kier alpha value is -3.61. The molecule has 4 aromatic rings. The van der Waals surface area contributed by atoms with Crippen molar-refractivity contribution in [2.75, 3.05) is 7.11 Å². The van der Waals surface area contributed by atoms with Crippen LogP contribution in [0.15, 0.2) is 112 Å². The second-order valence-corrected chi connectivity index (χ2v) is 13.2.